The maximum absolute atomic E-state index is 12.7. The lowest BCUT2D eigenvalue weighted by atomic mass is 10.1. The van der Waals surface area contributed by atoms with E-state index in [0.717, 1.165) is 11.1 Å². The molecule has 0 aromatic heterocycles. The van der Waals surface area contributed by atoms with Gasteiger partial charge in [-0.1, -0.05) is 48.5 Å². The highest BCUT2D eigenvalue weighted by Crippen LogP contribution is 2.29. The number of aryl methyl sites for hydroxylation is 1. The number of amides is 2. The quantitative estimate of drug-likeness (QED) is 0.603. The Morgan fingerprint density at radius 1 is 0.969 bits per heavy atom. The monoisotopic (exact) mass is 430 g/mol. The predicted octanol–water partition coefficient (Wildman–Crippen LogP) is 3.72. The molecule has 162 valence electrons. The Balaban J connectivity index is 1.42. The molecule has 0 fully saturated rings. The number of ether oxygens (including phenoxy) is 2. The average molecular weight is 430 g/mol. The summed E-state index contributed by atoms with van der Waals surface area (Å²) in [4.78, 5) is 38.6. The Morgan fingerprint density at radius 3 is 2.53 bits per heavy atom. The van der Waals surface area contributed by atoms with Gasteiger partial charge >= 0.3 is 5.97 Å². The Morgan fingerprint density at radius 2 is 1.69 bits per heavy atom. The van der Waals surface area contributed by atoms with Crippen LogP contribution in [-0.2, 0) is 20.9 Å². The predicted molar refractivity (Wildman–Crippen MR) is 120 cm³/mol. The molecular weight excluding hydrogens is 408 g/mol. The number of anilines is 2. The first kappa shape index (κ1) is 21.1. The summed E-state index contributed by atoms with van der Waals surface area (Å²) in [5.74, 6) is -1.10. The first-order valence-electron chi connectivity index (χ1n) is 10.2. The standard InChI is InChI=1S/C25H22N2O5/c1-17-8-2-3-9-18(17)15-31-22-13-7-4-10-19(22)25(30)32-16-24(29)27-14-23(28)26-20-11-5-6-12-21(20)27/h2-13H,14-16H2,1H3,(H,26,28). The van der Waals surface area contributed by atoms with E-state index in [1.807, 2.05) is 31.2 Å². The van der Waals surface area contributed by atoms with E-state index in [1.54, 1.807) is 48.5 Å². The molecule has 0 bridgehead atoms. The lowest BCUT2D eigenvalue weighted by Crippen LogP contribution is -2.44. The van der Waals surface area contributed by atoms with Crippen molar-refractivity contribution in [3.8, 4) is 5.75 Å². The molecule has 1 N–H and O–H groups in total. The zero-order chi connectivity index (χ0) is 22.5. The Hall–Kier alpha value is -4.13. The summed E-state index contributed by atoms with van der Waals surface area (Å²) in [6.45, 7) is 1.66. The van der Waals surface area contributed by atoms with Crippen molar-refractivity contribution >= 4 is 29.2 Å². The number of nitrogens with zero attached hydrogens (tertiary/aromatic N) is 1. The number of nitrogens with one attached hydrogen (secondary N) is 1. The lowest BCUT2D eigenvalue weighted by molar-refractivity contribution is -0.124. The third-order valence-electron chi connectivity index (χ3n) is 5.15. The number of esters is 1. The molecule has 0 saturated carbocycles. The second-order valence-corrected chi connectivity index (χ2v) is 7.33. The zero-order valence-corrected chi connectivity index (χ0v) is 17.5. The maximum Gasteiger partial charge on any atom is 0.342 e. The normalized spacial score (nSPS) is 12.5. The molecule has 0 unspecified atom stereocenters. The fraction of sp³-hybridized carbons (Fsp3) is 0.160. The third kappa shape index (κ3) is 4.62. The molecular formula is C25H22N2O5. The van der Waals surface area contributed by atoms with Gasteiger partial charge < -0.3 is 14.8 Å². The van der Waals surface area contributed by atoms with Crippen molar-refractivity contribution in [2.45, 2.75) is 13.5 Å². The highest BCUT2D eigenvalue weighted by molar-refractivity contribution is 6.10. The summed E-state index contributed by atoms with van der Waals surface area (Å²) in [5.41, 5.74) is 3.43. The number of fused-ring (bicyclic) bond motifs is 1. The van der Waals surface area contributed by atoms with Crippen LogP contribution < -0.4 is 15.0 Å². The van der Waals surface area contributed by atoms with Crippen molar-refractivity contribution in [2.75, 3.05) is 23.4 Å². The number of hydrogen-bond donors (Lipinski definition) is 1. The largest absolute Gasteiger partial charge is 0.488 e. The zero-order valence-electron chi connectivity index (χ0n) is 17.5. The smallest absolute Gasteiger partial charge is 0.342 e. The van der Waals surface area contributed by atoms with Gasteiger partial charge in [0.25, 0.3) is 5.91 Å². The van der Waals surface area contributed by atoms with E-state index in [1.165, 1.54) is 4.90 Å². The van der Waals surface area contributed by atoms with Gasteiger partial charge in [-0.3, -0.25) is 14.5 Å². The number of carbonyl (C=O) groups is 3. The van der Waals surface area contributed by atoms with Crippen LogP contribution in [0.15, 0.2) is 72.8 Å². The van der Waals surface area contributed by atoms with Crippen LogP contribution in [0.4, 0.5) is 11.4 Å². The summed E-state index contributed by atoms with van der Waals surface area (Å²) in [5, 5.41) is 2.72. The molecule has 7 nitrogen and oxygen atoms in total. The van der Waals surface area contributed by atoms with E-state index in [9.17, 15) is 14.4 Å². The molecule has 1 aliphatic rings. The maximum atomic E-state index is 12.7. The first-order valence-corrected chi connectivity index (χ1v) is 10.2. The van der Waals surface area contributed by atoms with Crippen molar-refractivity contribution in [2.24, 2.45) is 0 Å². The van der Waals surface area contributed by atoms with E-state index in [4.69, 9.17) is 9.47 Å². The van der Waals surface area contributed by atoms with Gasteiger partial charge in [0.2, 0.25) is 5.91 Å². The number of rotatable bonds is 6. The van der Waals surface area contributed by atoms with Gasteiger partial charge in [0, 0.05) is 0 Å². The Labute approximate surface area is 185 Å². The minimum atomic E-state index is -0.673. The minimum Gasteiger partial charge on any atom is -0.488 e. The fourth-order valence-electron chi connectivity index (χ4n) is 3.43. The van der Waals surface area contributed by atoms with Crippen molar-refractivity contribution in [1.29, 1.82) is 0 Å². The van der Waals surface area contributed by atoms with Crippen LogP contribution >= 0.6 is 0 Å². The highest BCUT2D eigenvalue weighted by Gasteiger charge is 2.27. The van der Waals surface area contributed by atoms with Crippen LogP contribution in [-0.4, -0.2) is 30.9 Å². The molecule has 0 aliphatic carbocycles. The minimum absolute atomic E-state index is 0.135. The number of carbonyl (C=O) groups excluding carboxylic acids is 3. The topological polar surface area (TPSA) is 84.9 Å². The van der Waals surface area contributed by atoms with Crippen LogP contribution in [0.25, 0.3) is 0 Å². The molecule has 3 aromatic rings. The number of hydrogen-bond acceptors (Lipinski definition) is 5. The van der Waals surface area contributed by atoms with Gasteiger partial charge in [-0.15, -0.1) is 0 Å². The molecule has 32 heavy (non-hydrogen) atoms. The van der Waals surface area contributed by atoms with Crippen LogP contribution in [0, 0.1) is 6.92 Å². The molecule has 0 saturated heterocycles. The molecule has 3 aromatic carbocycles. The molecule has 4 rings (SSSR count). The van der Waals surface area contributed by atoms with Gasteiger partial charge in [0.05, 0.1) is 11.4 Å². The molecule has 0 radical (unpaired) electrons. The van der Waals surface area contributed by atoms with Crippen molar-refractivity contribution in [1.82, 2.24) is 0 Å². The van der Waals surface area contributed by atoms with Gasteiger partial charge in [-0.2, -0.15) is 0 Å². The number of benzene rings is 3. The van der Waals surface area contributed by atoms with Crippen LogP contribution in [0.2, 0.25) is 0 Å². The molecule has 1 heterocycles. The van der Waals surface area contributed by atoms with Crippen molar-refractivity contribution < 1.29 is 23.9 Å². The van der Waals surface area contributed by atoms with E-state index < -0.39 is 18.5 Å². The summed E-state index contributed by atoms with van der Waals surface area (Å²) < 4.78 is 11.1. The molecule has 0 spiro atoms. The van der Waals surface area contributed by atoms with E-state index >= 15 is 0 Å². The lowest BCUT2D eigenvalue weighted by Gasteiger charge is -2.28. The second-order valence-electron chi connectivity index (χ2n) is 7.33. The van der Waals surface area contributed by atoms with Gasteiger partial charge in [-0.25, -0.2) is 4.79 Å². The fourth-order valence-corrected chi connectivity index (χ4v) is 3.43. The van der Waals surface area contributed by atoms with Gasteiger partial charge in [0.15, 0.2) is 6.61 Å². The molecule has 7 heteroatoms. The van der Waals surface area contributed by atoms with E-state index in [-0.39, 0.29) is 18.0 Å². The average Bonchev–Trinajstić information content (AvgIpc) is 2.81. The van der Waals surface area contributed by atoms with E-state index in [0.29, 0.717) is 23.7 Å². The van der Waals surface area contributed by atoms with Crippen molar-refractivity contribution in [3.63, 3.8) is 0 Å². The molecule has 2 amide bonds. The van der Waals surface area contributed by atoms with Crippen LogP contribution in [0.5, 0.6) is 5.75 Å². The molecule has 1 aliphatic heterocycles. The third-order valence-corrected chi connectivity index (χ3v) is 5.15. The summed E-state index contributed by atoms with van der Waals surface area (Å²) in [7, 11) is 0. The van der Waals surface area contributed by atoms with Crippen LogP contribution in [0.1, 0.15) is 21.5 Å². The Kier molecular flexibility index (Phi) is 6.17. The summed E-state index contributed by atoms with van der Waals surface area (Å²) in [6.07, 6.45) is 0. The highest BCUT2D eigenvalue weighted by atomic mass is 16.5. The van der Waals surface area contributed by atoms with Crippen LogP contribution in [0.3, 0.4) is 0 Å². The SMILES string of the molecule is Cc1ccccc1COc1ccccc1C(=O)OCC(=O)N1CC(=O)Nc2ccccc21. The van der Waals surface area contributed by atoms with Crippen molar-refractivity contribution in [3.05, 3.63) is 89.5 Å². The number of para-hydroxylation sites is 3. The van der Waals surface area contributed by atoms with E-state index in [2.05, 4.69) is 5.32 Å². The second kappa shape index (κ2) is 9.34. The first-order chi connectivity index (χ1) is 15.5. The Bertz CT molecular complexity index is 1170. The summed E-state index contributed by atoms with van der Waals surface area (Å²) >= 11 is 0. The van der Waals surface area contributed by atoms with Gasteiger partial charge in [0.1, 0.15) is 24.5 Å². The molecule has 0 atom stereocenters. The summed E-state index contributed by atoms with van der Waals surface area (Å²) in [6, 6.07) is 21.5. The van der Waals surface area contributed by atoms with Gasteiger partial charge in [-0.05, 0) is 42.3 Å².